The molecule has 0 saturated heterocycles. The minimum absolute atomic E-state index is 0.0909. The second-order valence-electron chi connectivity index (χ2n) is 15.9. The Morgan fingerprint density at radius 2 is 1.81 bits per heavy atom. The van der Waals surface area contributed by atoms with Gasteiger partial charge in [0.2, 0.25) is 5.91 Å². The third kappa shape index (κ3) is 11.3. The molecule has 1 aromatic rings. The summed E-state index contributed by atoms with van der Waals surface area (Å²) >= 11 is 14.1. The minimum Gasteiger partial charge on any atom is -0.481 e. The number of azo groups is 1. The first-order valence-corrected chi connectivity index (χ1v) is 21.1. The van der Waals surface area contributed by atoms with Gasteiger partial charge in [-0.3, -0.25) is 19.5 Å². The van der Waals surface area contributed by atoms with Crippen LogP contribution < -0.4 is 10.6 Å². The number of aliphatic carboxylic acids is 1. The topological polar surface area (TPSA) is 223 Å². The molecule has 5 N–H and O–H groups in total. The number of amides is 1. The van der Waals surface area contributed by atoms with E-state index in [1.54, 1.807) is 4.68 Å². The number of carboxylic acid groups (broad SMARTS) is 1. The zero-order valence-corrected chi connectivity index (χ0v) is 33.6. The molecule has 18 heteroatoms. The van der Waals surface area contributed by atoms with Gasteiger partial charge in [0.25, 0.3) is 10.1 Å². The van der Waals surface area contributed by atoms with Crippen LogP contribution in [0.25, 0.3) is 0 Å². The molecule has 1 aromatic heterocycles. The first-order valence-electron chi connectivity index (χ1n) is 18.7. The number of alkyl halides is 2. The van der Waals surface area contributed by atoms with Crippen LogP contribution in [0.4, 0.5) is 5.82 Å². The van der Waals surface area contributed by atoms with Crippen molar-refractivity contribution in [1.82, 2.24) is 25.3 Å². The Balaban J connectivity index is 1.56. The van der Waals surface area contributed by atoms with Crippen molar-refractivity contribution in [2.75, 3.05) is 13.1 Å². The van der Waals surface area contributed by atoms with Crippen LogP contribution in [0.2, 0.25) is 0 Å². The number of aromatic nitrogens is 2. The Bertz CT molecular complexity index is 1600. The van der Waals surface area contributed by atoms with Crippen molar-refractivity contribution in [3.05, 3.63) is 11.3 Å². The van der Waals surface area contributed by atoms with Gasteiger partial charge in [-0.2, -0.15) is 23.9 Å². The van der Waals surface area contributed by atoms with Crippen LogP contribution in [-0.4, -0.2) is 109 Å². The maximum atomic E-state index is 12.3. The van der Waals surface area contributed by atoms with E-state index in [1.807, 2.05) is 27.7 Å². The van der Waals surface area contributed by atoms with Gasteiger partial charge < -0.3 is 20.4 Å². The van der Waals surface area contributed by atoms with E-state index in [0.29, 0.717) is 63.6 Å². The number of carbonyl (C=O) groups is 2. The van der Waals surface area contributed by atoms with E-state index in [1.165, 1.54) is 6.92 Å². The molecule has 0 bridgehead atoms. The summed E-state index contributed by atoms with van der Waals surface area (Å²) < 4.78 is 34.7. The average Bonchev–Trinajstić information content (AvgIpc) is 3.43. The number of carboxylic acids is 1. The van der Waals surface area contributed by atoms with Crippen molar-refractivity contribution in [1.29, 1.82) is 5.26 Å². The molecule has 8 unspecified atom stereocenters. The number of hydrogen-bond donors (Lipinski definition) is 5. The van der Waals surface area contributed by atoms with Crippen molar-refractivity contribution in [2.45, 2.75) is 163 Å². The molecule has 53 heavy (non-hydrogen) atoms. The van der Waals surface area contributed by atoms with Gasteiger partial charge in [-0.05, 0) is 76.8 Å². The van der Waals surface area contributed by atoms with Gasteiger partial charge in [0.15, 0.2) is 5.82 Å². The summed E-state index contributed by atoms with van der Waals surface area (Å²) in [4.78, 5) is 25.6. The zero-order chi connectivity index (χ0) is 39.2. The number of nitrogens with zero attached hydrogens (tertiary/aromatic N) is 6. The maximum Gasteiger partial charge on any atom is 0.303 e. The number of aliphatic hydroxyl groups excluding tert-OH is 1. The van der Waals surface area contributed by atoms with Crippen LogP contribution in [0.15, 0.2) is 10.2 Å². The number of hydrogen-bond acceptors (Lipinski definition) is 11. The van der Waals surface area contributed by atoms with Crippen LogP contribution in [0.3, 0.4) is 0 Å². The number of nitriles is 1. The smallest absolute Gasteiger partial charge is 0.303 e. The second-order valence-corrected chi connectivity index (χ2v) is 18.7. The Labute approximate surface area is 323 Å². The lowest BCUT2D eigenvalue weighted by Gasteiger charge is -2.40. The molecule has 0 aliphatic heterocycles. The zero-order valence-electron chi connectivity index (χ0n) is 31.3. The first kappa shape index (κ1) is 43.3. The lowest BCUT2D eigenvalue weighted by atomic mass is 9.85. The van der Waals surface area contributed by atoms with Gasteiger partial charge in [0, 0.05) is 30.8 Å². The molecule has 4 rings (SSSR count). The SMILES string of the molecule is CCN(CCCC(=O)O)C1CCC(N=Nc2c(C#N)c(C(C)(C)C)nn2C2C(Cl)CC(NC(O)C3CCCC(S(=O)(=O)O)C3)CC2Cl)C(NC(C)=O)C1. The summed E-state index contributed by atoms with van der Waals surface area (Å²) in [5.41, 5.74) is 0.245. The van der Waals surface area contributed by atoms with Gasteiger partial charge >= 0.3 is 5.97 Å². The highest BCUT2D eigenvalue weighted by Crippen LogP contribution is 2.42. The fraction of sp³-hybridized carbons (Fsp3) is 0.829. The minimum atomic E-state index is -4.20. The molecule has 0 radical (unpaired) electrons. The Morgan fingerprint density at radius 3 is 2.38 bits per heavy atom. The highest BCUT2D eigenvalue weighted by molar-refractivity contribution is 7.86. The Kier molecular flexibility index (Phi) is 15.1. The van der Waals surface area contributed by atoms with E-state index in [4.69, 9.17) is 38.5 Å². The predicted octanol–water partition coefficient (Wildman–Crippen LogP) is 5.02. The van der Waals surface area contributed by atoms with Crippen LogP contribution in [0, 0.1) is 17.2 Å². The number of carbonyl (C=O) groups excluding carboxylic acids is 1. The largest absolute Gasteiger partial charge is 0.481 e. The summed E-state index contributed by atoms with van der Waals surface area (Å²) in [7, 11) is -4.20. The van der Waals surface area contributed by atoms with E-state index in [9.17, 15) is 32.9 Å². The molecule has 0 aromatic carbocycles. The number of nitrogens with one attached hydrogen (secondary N) is 2. The number of aliphatic hydroxyl groups is 1. The summed E-state index contributed by atoms with van der Waals surface area (Å²) in [5, 5.41) is 49.0. The van der Waals surface area contributed by atoms with Gasteiger partial charge in [-0.25, -0.2) is 4.68 Å². The van der Waals surface area contributed by atoms with Crippen molar-refractivity contribution in [2.24, 2.45) is 16.1 Å². The van der Waals surface area contributed by atoms with Crippen LogP contribution in [0.1, 0.15) is 123 Å². The Morgan fingerprint density at radius 1 is 1.13 bits per heavy atom. The third-order valence-electron chi connectivity index (χ3n) is 10.9. The summed E-state index contributed by atoms with van der Waals surface area (Å²) in [6.07, 6.45) is 4.07. The maximum absolute atomic E-state index is 12.3. The lowest BCUT2D eigenvalue weighted by molar-refractivity contribution is -0.137. The van der Waals surface area contributed by atoms with Crippen LogP contribution >= 0.6 is 23.2 Å². The molecule has 15 nitrogen and oxygen atoms in total. The lowest BCUT2D eigenvalue weighted by Crippen LogP contribution is -2.51. The molecular weight excluding hydrogens is 747 g/mol. The standard InChI is InChI=1S/C35H56Cl2N8O7S/c1-6-44(14-8-11-30(47)48)23-12-13-28(29(18-23)39-20(2)46)41-42-33-25(19-38)32(35(3,4)5)43-45(33)31-26(36)16-22(17-27(31)37)40-34(49)21-9-7-10-24(15-21)53(50,51)52/h21-24,26-29,31,34,40,49H,6-18H2,1-5H3,(H,39,46)(H,47,48)(H,50,51,52). The number of halogens is 2. The van der Waals surface area contributed by atoms with Crippen molar-refractivity contribution in [3.63, 3.8) is 0 Å². The predicted molar refractivity (Wildman–Crippen MR) is 201 cm³/mol. The van der Waals surface area contributed by atoms with Gasteiger partial charge in [0.05, 0.1) is 39.8 Å². The van der Waals surface area contributed by atoms with Gasteiger partial charge in [-0.1, -0.05) is 34.1 Å². The molecule has 3 saturated carbocycles. The average molecular weight is 804 g/mol. The van der Waals surface area contributed by atoms with Crippen molar-refractivity contribution in [3.8, 4) is 6.07 Å². The van der Waals surface area contributed by atoms with E-state index in [2.05, 4.69) is 26.7 Å². The molecule has 298 valence electrons. The second kappa shape index (κ2) is 18.5. The molecular formula is C35H56Cl2N8O7S. The monoisotopic (exact) mass is 802 g/mol. The number of rotatable bonds is 14. The molecule has 3 aliphatic carbocycles. The van der Waals surface area contributed by atoms with E-state index < -0.39 is 49.8 Å². The van der Waals surface area contributed by atoms with Gasteiger partial charge in [0.1, 0.15) is 17.9 Å². The molecule has 1 heterocycles. The van der Waals surface area contributed by atoms with Crippen LogP contribution in [0.5, 0.6) is 0 Å². The first-order chi connectivity index (χ1) is 24.8. The fourth-order valence-electron chi connectivity index (χ4n) is 8.24. The molecule has 1 amide bonds. The quantitative estimate of drug-likeness (QED) is 0.0727. The Hall–Kier alpha value is -2.39. The van der Waals surface area contributed by atoms with Crippen LogP contribution in [-0.2, 0) is 25.1 Å². The summed E-state index contributed by atoms with van der Waals surface area (Å²) in [5.74, 6) is -1.16. The molecule has 8 atom stereocenters. The summed E-state index contributed by atoms with van der Waals surface area (Å²) in [6, 6.07) is 0.809. The molecule has 3 aliphatic rings. The van der Waals surface area contributed by atoms with E-state index in [0.717, 1.165) is 13.0 Å². The fourth-order valence-corrected chi connectivity index (χ4v) is 10.3. The van der Waals surface area contributed by atoms with E-state index >= 15 is 0 Å². The highest BCUT2D eigenvalue weighted by atomic mass is 35.5. The van der Waals surface area contributed by atoms with E-state index in [-0.39, 0.29) is 60.2 Å². The highest BCUT2D eigenvalue weighted by Gasteiger charge is 2.43. The third-order valence-corrected chi connectivity index (χ3v) is 13.1. The summed E-state index contributed by atoms with van der Waals surface area (Å²) in [6.45, 7) is 10.7. The molecule has 3 fully saturated rings. The van der Waals surface area contributed by atoms with Gasteiger partial charge in [-0.15, -0.1) is 28.3 Å². The normalized spacial score (nSPS) is 30.6. The van der Waals surface area contributed by atoms with Crippen molar-refractivity contribution < 1.29 is 32.8 Å². The molecule has 0 spiro atoms. The van der Waals surface area contributed by atoms with Crippen molar-refractivity contribution >= 4 is 51.0 Å².